The van der Waals surface area contributed by atoms with E-state index in [-0.39, 0.29) is 47.6 Å². The first kappa shape index (κ1) is 21.2. The van der Waals surface area contributed by atoms with Crippen LogP contribution >= 0.6 is 23.2 Å². The van der Waals surface area contributed by atoms with Crippen molar-refractivity contribution in [2.75, 3.05) is 13.1 Å². The van der Waals surface area contributed by atoms with Crippen LogP contribution in [0.1, 0.15) is 26.9 Å². The number of rotatable bonds is 8. The number of hydrogen-bond acceptors (Lipinski definition) is 8. The minimum Gasteiger partial charge on any atom is -0.350 e. The lowest BCUT2D eigenvalue weighted by atomic mass is 10.2. The summed E-state index contributed by atoms with van der Waals surface area (Å²) in [4.78, 5) is 38.3. The molecule has 0 aliphatic heterocycles. The maximum absolute atomic E-state index is 12.1. The van der Waals surface area contributed by atoms with Crippen LogP contribution in [0.4, 0.5) is 5.69 Å². The maximum atomic E-state index is 12.1. The predicted molar refractivity (Wildman–Crippen MR) is 103 cm³/mol. The van der Waals surface area contributed by atoms with Crippen molar-refractivity contribution < 1.29 is 19.0 Å². The Bertz CT molecular complexity index is 1100. The van der Waals surface area contributed by atoms with E-state index in [0.29, 0.717) is 5.02 Å². The molecule has 0 aliphatic carbocycles. The molecule has 3 aromatic rings. The molecule has 14 heteroatoms. The number of carbonyl (C=O) groups excluding carboxylic acids is 2. The van der Waals surface area contributed by atoms with E-state index in [1.165, 1.54) is 23.0 Å². The standard InChI is InChI=1S/C16H13Cl2N7O5/c17-9-6-21-24(7-9)8-13-22-16(30-23-13)15(27)20-4-3-19-14(26)11-5-10(25(28)29)1-2-12(11)18/h1-2,5-7H,3-4,8H2,(H,19,26)(H,20,27). The average molecular weight is 454 g/mol. The molecule has 2 N–H and O–H groups in total. The molecule has 12 nitrogen and oxygen atoms in total. The Morgan fingerprint density at radius 2 is 1.93 bits per heavy atom. The van der Waals surface area contributed by atoms with Crippen molar-refractivity contribution in [1.29, 1.82) is 0 Å². The molecule has 0 bridgehead atoms. The normalized spacial score (nSPS) is 10.6. The van der Waals surface area contributed by atoms with Gasteiger partial charge in [0.2, 0.25) is 0 Å². The highest BCUT2D eigenvalue weighted by Crippen LogP contribution is 2.21. The second kappa shape index (κ2) is 9.33. The van der Waals surface area contributed by atoms with Gasteiger partial charge in [0.05, 0.1) is 26.7 Å². The number of halogens is 2. The Morgan fingerprint density at radius 3 is 2.60 bits per heavy atom. The zero-order valence-corrected chi connectivity index (χ0v) is 16.6. The van der Waals surface area contributed by atoms with E-state index < -0.39 is 16.7 Å². The molecule has 0 radical (unpaired) electrons. The van der Waals surface area contributed by atoms with Crippen LogP contribution < -0.4 is 10.6 Å². The molecule has 156 valence electrons. The second-order valence-electron chi connectivity index (χ2n) is 5.80. The van der Waals surface area contributed by atoms with Crippen LogP contribution in [0.25, 0.3) is 0 Å². The summed E-state index contributed by atoms with van der Waals surface area (Å²) < 4.78 is 6.36. The number of carbonyl (C=O) groups is 2. The number of nitro benzene ring substituents is 1. The zero-order chi connectivity index (χ0) is 21.7. The van der Waals surface area contributed by atoms with Gasteiger partial charge in [0.25, 0.3) is 11.6 Å². The third-order valence-corrected chi connectivity index (χ3v) is 4.19. The van der Waals surface area contributed by atoms with E-state index in [2.05, 4.69) is 25.9 Å². The number of hydrogen-bond donors (Lipinski definition) is 2. The molecule has 0 aliphatic rings. The summed E-state index contributed by atoms with van der Waals surface area (Å²) in [6.45, 7) is 0.253. The molecule has 1 aromatic carbocycles. The van der Waals surface area contributed by atoms with Gasteiger partial charge in [-0.25, -0.2) is 0 Å². The Kier molecular flexibility index (Phi) is 6.59. The molecule has 2 amide bonds. The molecule has 0 saturated carbocycles. The molecule has 0 spiro atoms. The van der Waals surface area contributed by atoms with E-state index in [1.807, 2.05) is 0 Å². The van der Waals surface area contributed by atoms with Crippen LogP contribution in [0.3, 0.4) is 0 Å². The highest BCUT2D eigenvalue weighted by molar-refractivity contribution is 6.34. The van der Waals surface area contributed by atoms with Gasteiger partial charge >= 0.3 is 11.8 Å². The third kappa shape index (κ3) is 5.30. The lowest BCUT2D eigenvalue weighted by Gasteiger charge is -2.07. The summed E-state index contributed by atoms with van der Waals surface area (Å²) in [5.74, 6) is -1.27. The Morgan fingerprint density at radius 1 is 1.20 bits per heavy atom. The van der Waals surface area contributed by atoms with E-state index >= 15 is 0 Å². The number of non-ortho nitro benzene ring substituents is 1. The van der Waals surface area contributed by atoms with E-state index in [9.17, 15) is 19.7 Å². The van der Waals surface area contributed by atoms with E-state index in [4.69, 9.17) is 27.7 Å². The molecule has 2 heterocycles. The molecular weight excluding hydrogens is 441 g/mol. The van der Waals surface area contributed by atoms with Gasteiger partial charge in [0, 0.05) is 31.4 Å². The number of benzene rings is 1. The molecular formula is C16H13Cl2N7O5. The highest BCUT2D eigenvalue weighted by Gasteiger charge is 2.17. The largest absolute Gasteiger partial charge is 0.350 e. The molecule has 2 aromatic heterocycles. The SMILES string of the molecule is O=C(NCCNC(=O)c1cc([N+](=O)[O-])ccc1Cl)c1nc(Cn2cc(Cl)cn2)no1. The van der Waals surface area contributed by atoms with Gasteiger partial charge in [-0.05, 0) is 6.07 Å². The van der Waals surface area contributed by atoms with Crippen molar-refractivity contribution in [2.45, 2.75) is 6.54 Å². The van der Waals surface area contributed by atoms with Crippen molar-refractivity contribution in [3.05, 3.63) is 68.0 Å². The average Bonchev–Trinajstić information content (AvgIpc) is 3.34. The Hall–Kier alpha value is -3.51. The highest BCUT2D eigenvalue weighted by atomic mass is 35.5. The summed E-state index contributed by atoms with van der Waals surface area (Å²) in [7, 11) is 0. The zero-order valence-electron chi connectivity index (χ0n) is 15.0. The fraction of sp³-hybridized carbons (Fsp3) is 0.188. The molecule has 30 heavy (non-hydrogen) atoms. The first-order chi connectivity index (χ1) is 14.3. The first-order valence-corrected chi connectivity index (χ1v) is 9.10. The molecule has 0 unspecified atom stereocenters. The molecule has 0 atom stereocenters. The van der Waals surface area contributed by atoms with Crippen LogP contribution in [0, 0.1) is 10.1 Å². The van der Waals surface area contributed by atoms with Crippen molar-refractivity contribution in [2.24, 2.45) is 0 Å². The quantitative estimate of drug-likeness (QED) is 0.296. The van der Waals surface area contributed by atoms with Gasteiger partial charge in [-0.1, -0.05) is 28.4 Å². The monoisotopic (exact) mass is 453 g/mol. The second-order valence-corrected chi connectivity index (χ2v) is 6.65. The van der Waals surface area contributed by atoms with Crippen LogP contribution in [0.5, 0.6) is 0 Å². The van der Waals surface area contributed by atoms with Gasteiger partial charge in [-0.3, -0.25) is 24.4 Å². The number of aromatic nitrogens is 4. The summed E-state index contributed by atoms with van der Waals surface area (Å²) in [6, 6.07) is 3.53. The summed E-state index contributed by atoms with van der Waals surface area (Å²) >= 11 is 11.7. The van der Waals surface area contributed by atoms with Crippen molar-refractivity contribution in [1.82, 2.24) is 30.6 Å². The fourth-order valence-corrected chi connectivity index (χ4v) is 2.66. The maximum Gasteiger partial charge on any atom is 0.316 e. The number of nitrogens with zero attached hydrogens (tertiary/aromatic N) is 5. The number of amides is 2. The van der Waals surface area contributed by atoms with Crippen LogP contribution in [-0.2, 0) is 6.54 Å². The Balaban J connectivity index is 1.47. The van der Waals surface area contributed by atoms with Crippen molar-refractivity contribution in [3.8, 4) is 0 Å². The third-order valence-electron chi connectivity index (χ3n) is 3.67. The number of nitrogens with one attached hydrogen (secondary N) is 2. The van der Waals surface area contributed by atoms with Gasteiger partial charge < -0.3 is 15.2 Å². The number of nitro groups is 1. The fourth-order valence-electron chi connectivity index (χ4n) is 2.30. The van der Waals surface area contributed by atoms with Gasteiger partial charge in [-0.15, -0.1) is 0 Å². The van der Waals surface area contributed by atoms with Crippen molar-refractivity contribution in [3.63, 3.8) is 0 Å². The lowest BCUT2D eigenvalue weighted by molar-refractivity contribution is -0.384. The van der Waals surface area contributed by atoms with Crippen LogP contribution in [0.2, 0.25) is 10.0 Å². The Labute approximate surface area is 178 Å². The topological polar surface area (TPSA) is 158 Å². The first-order valence-electron chi connectivity index (χ1n) is 8.34. The minimum atomic E-state index is -0.632. The molecule has 3 rings (SSSR count). The van der Waals surface area contributed by atoms with Gasteiger partial charge in [0.15, 0.2) is 5.82 Å². The van der Waals surface area contributed by atoms with E-state index in [1.54, 1.807) is 6.20 Å². The van der Waals surface area contributed by atoms with Crippen molar-refractivity contribution >= 4 is 40.7 Å². The van der Waals surface area contributed by atoms with Gasteiger partial charge in [0.1, 0.15) is 6.54 Å². The summed E-state index contributed by atoms with van der Waals surface area (Å²) in [6.07, 6.45) is 3.01. The molecule has 0 saturated heterocycles. The van der Waals surface area contributed by atoms with Crippen LogP contribution in [-0.4, -0.2) is 49.7 Å². The summed E-state index contributed by atoms with van der Waals surface area (Å²) in [5, 5.41) is 24.0. The van der Waals surface area contributed by atoms with E-state index in [0.717, 1.165) is 6.07 Å². The minimum absolute atomic E-state index is 0.0381. The molecule has 0 fully saturated rings. The van der Waals surface area contributed by atoms with Crippen LogP contribution in [0.15, 0.2) is 35.1 Å². The summed E-state index contributed by atoms with van der Waals surface area (Å²) in [5.41, 5.74) is -0.306. The smallest absolute Gasteiger partial charge is 0.316 e. The predicted octanol–water partition coefficient (Wildman–Crippen LogP) is 1.69. The lowest BCUT2D eigenvalue weighted by Crippen LogP contribution is -2.35. The van der Waals surface area contributed by atoms with Gasteiger partial charge in [-0.2, -0.15) is 10.1 Å².